The van der Waals surface area contributed by atoms with Gasteiger partial charge in [-0.15, -0.1) is 0 Å². The van der Waals surface area contributed by atoms with Crippen LogP contribution in [0.25, 0.3) is 22.7 Å². The number of carbonyl (C=O) groups excluding carboxylic acids is 2. The Kier molecular flexibility index (Phi) is 4.30. The molecular weight excluding hydrogens is 440 g/mol. The Labute approximate surface area is 202 Å². The van der Waals surface area contributed by atoms with Crippen LogP contribution in [0.1, 0.15) is 56.1 Å². The second-order valence-electron chi connectivity index (χ2n) is 9.80. The highest BCUT2D eigenvalue weighted by Crippen LogP contribution is 2.45. The number of carbonyl (C=O) groups is 2. The third-order valence-electron chi connectivity index (χ3n) is 7.43. The normalized spacial score (nSPS) is 16.7. The Balaban J connectivity index is 1.17. The van der Waals surface area contributed by atoms with Gasteiger partial charge in [-0.05, 0) is 60.6 Å². The lowest BCUT2D eigenvalue weighted by Gasteiger charge is -2.24. The van der Waals surface area contributed by atoms with Crippen LogP contribution in [-0.2, 0) is 25.8 Å². The molecule has 174 valence electrons. The molecule has 35 heavy (non-hydrogen) atoms. The van der Waals surface area contributed by atoms with E-state index in [0.29, 0.717) is 18.0 Å². The largest absolute Gasteiger partial charge is 0.449 e. The minimum atomic E-state index is -0.266. The topological polar surface area (TPSA) is 100 Å². The van der Waals surface area contributed by atoms with E-state index >= 15 is 0 Å². The predicted octanol–water partition coefficient (Wildman–Crippen LogP) is 4.18. The first kappa shape index (κ1) is 20.3. The first-order valence-corrected chi connectivity index (χ1v) is 12.1. The molecule has 2 amide bonds. The summed E-state index contributed by atoms with van der Waals surface area (Å²) in [4.78, 5) is 33.7. The van der Waals surface area contributed by atoms with Gasteiger partial charge in [-0.3, -0.25) is 14.6 Å². The van der Waals surface area contributed by atoms with Crippen molar-refractivity contribution in [2.24, 2.45) is 0 Å². The summed E-state index contributed by atoms with van der Waals surface area (Å²) in [6, 6.07) is 15.2. The molecule has 1 aromatic carbocycles. The fourth-order valence-electron chi connectivity index (χ4n) is 5.39. The number of benzene rings is 1. The number of hydrogen-bond donors (Lipinski definition) is 3. The van der Waals surface area contributed by atoms with Crippen molar-refractivity contribution in [3.05, 3.63) is 88.4 Å². The number of H-pyrrole nitrogens is 1. The van der Waals surface area contributed by atoms with Gasteiger partial charge in [-0.1, -0.05) is 30.3 Å². The van der Waals surface area contributed by atoms with E-state index < -0.39 is 0 Å². The molecule has 7 rings (SSSR count). The Morgan fingerprint density at radius 2 is 1.97 bits per heavy atom. The van der Waals surface area contributed by atoms with E-state index in [-0.39, 0.29) is 23.1 Å². The number of nitrogens with zero attached hydrogens (tertiary/aromatic N) is 1. The summed E-state index contributed by atoms with van der Waals surface area (Å²) in [7, 11) is 0. The molecule has 3 aromatic heterocycles. The maximum absolute atomic E-state index is 12.9. The van der Waals surface area contributed by atoms with E-state index in [1.165, 1.54) is 0 Å². The van der Waals surface area contributed by atoms with Gasteiger partial charge in [0.1, 0.15) is 5.69 Å². The van der Waals surface area contributed by atoms with Crippen LogP contribution in [0, 0.1) is 0 Å². The number of pyridine rings is 1. The van der Waals surface area contributed by atoms with Crippen LogP contribution < -0.4 is 10.6 Å². The van der Waals surface area contributed by atoms with Crippen molar-refractivity contribution >= 4 is 11.8 Å². The average molecular weight is 465 g/mol. The molecule has 0 bridgehead atoms. The molecular formula is C28H24N4O3. The van der Waals surface area contributed by atoms with Crippen LogP contribution in [0.15, 0.2) is 59.1 Å². The molecule has 1 saturated carbocycles. The summed E-state index contributed by atoms with van der Waals surface area (Å²) in [6.45, 7) is 0.432. The van der Waals surface area contributed by atoms with Gasteiger partial charge in [-0.2, -0.15) is 0 Å². The molecule has 4 aromatic rings. The van der Waals surface area contributed by atoms with Crippen molar-refractivity contribution in [1.29, 1.82) is 0 Å². The number of aryl methyl sites for hydroxylation is 1. The lowest BCUT2D eigenvalue weighted by molar-refractivity contribution is 0.0912. The SMILES string of the molecule is O=C(NCc1ccccc1)c1ccc(-c2cc3c(cn2)CCc2c-3[nH]c3c2C(=O)NC2(CC2)C3)o1. The van der Waals surface area contributed by atoms with E-state index in [1.807, 2.05) is 42.6 Å². The van der Waals surface area contributed by atoms with E-state index in [0.717, 1.165) is 71.3 Å². The van der Waals surface area contributed by atoms with Crippen molar-refractivity contribution in [2.75, 3.05) is 0 Å². The molecule has 7 heteroatoms. The van der Waals surface area contributed by atoms with Crippen molar-refractivity contribution in [3.8, 4) is 22.7 Å². The summed E-state index contributed by atoms with van der Waals surface area (Å²) in [5.41, 5.74) is 7.84. The Hall–Kier alpha value is -4.13. The maximum Gasteiger partial charge on any atom is 0.287 e. The number of hydrogen-bond acceptors (Lipinski definition) is 4. The van der Waals surface area contributed by atoms with Crippen LogP contribution in [0.3, 0.4) is 0 Å². The summed E-state index contributed by atoms with van der Waals surface area (Å²) in [5, 5.41) is 6.12. The number of fused-ring (bicyclic) bond motifs is 5. The molecule has 1 aliphatic heterocycles. The minimum Gasteiger partial charge on any atom is -0.449 e. The van der Waals surface area contributed by atoms with Gasteiger partial charge in [-0.25, -0.2) is 0 Å². The van der Waals surface area contributed by atoms with Gasteiger partial charge >= 0.3 is 0 Å². The number of furan rings is 1. The first-order valence-electron chi connectivity index (χ1n) is 12.1. The third-order valence-corrected chi connectivity index (χ3v) is 7.43. The highest BCUT2D eigenvalue weighted by atomic mass is 16.4. The monoisotopic (exact) mass is 464 g/mol. The zero-order valence-electron chi connectivity index (χ0n) is 19.1. The molecule has 0 radical (unpaired) electrons. The number of rotatable bonds is 4. The first-order chi connectivity index (χ1) is 17.1. The van der Waals surface area contributed by atoms with Gasteiger partial charge in [0.25, 0.3) is 11.8 Å². The zero-order chi connectivity index (χ0) is 23.6. The number of amides is 2. The standard InChI is InChI=1S/C28H24N4O3/c33-26(30-14-16-4-2-1-3-5-16)23-9-8-22(35-23)20-12-19-17(15-29-20)6-7-18-24-21(31-25(18)19)13-28(10-11-28)32-27(24)34/h1-5,8-9,12,15,31H,6-7,10-11,13-14H2,(H,30,33)(H,32,34). The second-order valence-corrected chi connectivity index (χ2v) is 9.80. The highest BCUT2D eigenvalue weighted by molar-refractivity contribution is 6.01. The zero-order valence-corrected chi connectivity index (χ0v) is 19.1. The molecule has 2 aliphatic carbocycles. The van der Waals surface area contributed by atoms with E-state index in [9.17, 15) is 9.59 Å². The predicted molar refractivity (Wildman–Crippen MR) is 130 cm³/mol. The van der Waals surface area contributed by atoms with Crippen molar-refractivity contribution < 1.29 is 14.0 Å². The van der Waals surface area contributed by atoms with Gasteiger partial charge in [0, 0.05) is 36.0 Å². The van der Waals surface area contributed by atoms with Crippen LogP contribution in [-0.4, -0.2) is 27.3 Å². The van der Waals surface area contributed by atoms with Crippen LogP contribution in [0.4, 0.5) is 0 Å². The summed E-state index contributed by atoms with van der Waals surface area (Å²) in [6.07, 6.45) is 6.51. The summed E-state index contributed by atoms with van der Waals surface area (Å²) < 4.78 is 5.88. The molecule has 3 aliphatic rings. The lowest BCUT2D eigenvalue weighted by Crippen LogP contribution is -2.43. The second kappa shape index (κ2) is 7.43. The summed E-state index contributed by atoms with van der Waals surface area (Å²) in [5.74, 6) is 0.572. The number of aromatic amines is 1. The molecule has 0 saturated heterocycles. The maximum atomic E-state index is 12.9. The van der Waals surface area contributed by atoms with E-state index in [4.69, 9.17) is 4.42 Å². The van der Waals surface area contributed by atoms with Gasteiger partial charge in [0.15, 0.2) is 11.5 Å². The van der Waals surface area contributed by atoms with Gasteiger partial charge in [0.05, 0.1) is 11.3 Å². The van der Waals surface area contributed by atoms with Crippen LogP contribution >= 0.6 is 0 Å². The highest BCUT2D eigenvalue weighted by Gasteiger charge is 2.49. The molecule has 0 unspecified atom stereocenters. The van der Waals surface area contributed by atoms with E-state index in [1.54, 1.807) is 12.1 Å². The van der Waals surface area contributed by atoms with Crippen molar-refractivity contribution in [3.63, 3.8) is 0 Å². The van der Waals surface area contributed by atoms with Crippen LogP contribution in [0.5, 0.6) is 0 Å². The minimum absolute atomic E-state index is 0.0323. The third kappa shape index (κ3) is 3.38. The Morgan fingerprint density at radius 1 is 1.11 bits per heavy atom. The Morgan fingerprint density at radius 3 is 2.80 bits per heavy atom. The average Bonchev–Trinajstić information content (AvgIpc) is 3.28. The van der Waals surface area contributed by atoms with Gasteiger partial charge < -0.3 is 20.0 Å². The van der Waals surface area contributed by atoms with E-state index in [2.05, 4.69) is 20.6 Å². The van der Waals surface area contributed by atoms with Crippen molar-refractivity contribution in [2.45, 2.75) is 44.2 Å². The number of aromatic nitrogens is 2. The lowest BCUT2D eigenvalue weighted by atomic mass is 9.87. The molecule has 1 fully saturated rings. The van der Waals surface area contributed by atoms with Crippen molar-refractivity contribution in [1.82, 2.24) is 20.6 Å². The quantitative estimate of drug-likeness (QED) is 0.422. The molecule has 4 heterocycles. The molecule has 0 atom stereocenters. The van der Waals surface area contributed by atoms with Crippen LogP contribution in [0.2, 0.25) is 0 Å². The molecule has 7 nitrogen and oxygen atoms in total. The number of nitrogens with one attached hydrogen (secondary N) is 3. The summed E-state index contributed by atoms with van der Waals surface area (Å²) >= 11 is 0. The van der Waals surface area contributed by atoms with Gasteiger partial charge in [0.2, 0.25) is 0 Å². The fourth-order valence-corrected chi connectivity index (χ4v) is 5.39. The Bertz CT molecular complexity index is 1490. The molecule has 3 N–H and O–H groups in total. The smallest absolute Gasteiger partial charge is 0.287 e. The molecule has 1 spiro atoms. The fraction of sp³-hybridized carbons (Fsp3) is 0.250.